The molecule has 2 unspecified atom stereocenters. The van der Waals surface area contributed by atoms with Crippen molar-refractivity contribution in [3.05, 3.63) is 0 Å². The normalized spacial score (nSPS) is 32.2. The van der Waals surface area contributed by atoms with Gasteiger partial charge in [0.1, 0.15) is 0 Å². The van der Waals surface area contributed by atoms with Crippen LogP contribution < -0.4 is 0 Å². The average Bonchev–Trinajstić information content (AvgIpc) is 2.14. The molecule has 80 valence electrons. The van der Waals surface area contributed by atoms with Crippen LogP contribution >= 0.6 is 0 Å². The van der Waals surface area contributed by atoms with Crippen molar-refractivity contribution in [2.45, 2.75) is 44.6 Å². The molecular formula is C11H18O3. The van der Waals surface area contributed by atoms with Crippen LogP contribution in [0.15, 0.2) is 0 Å². The monoisotopic (exact) mass is 198 g/mol. The summed E-state index contributed by atoms with van der Waals surface area (Å²) in [5.41, 5.74) is 0.0760. The fourth-order valence-electron chi connectivity index (χ4n) is 2.61. The highest BCUT2D eigenvalue weighted by molar-refractivity contribution is 5.69. The number of carboxylic acid groups (broad SMARTS) is 1. The minimum absolute atomic E-state index is 0.0760. The molecule has 1 spiro atoms. The second-order valence-corrected chi connectivity index (χ2v) is 4.76. The molecule has 2 aliphatic rings. The van der Waals surface area contributed by atoms with Gasteiger partial charge in [0.25, 0.3) is 0 Å². The predicted octanol–water partition coefficient (Wildman–Crippen LogP) is 2.06. The number of rotatable bonds is 2. The molecular weight excluding hydrogens is 180 g/mol. The molecule has 0 radical (unpaired) electrons. The molecule has 1 saturated carbocycles. The van der Waals surface area contributed by atoms with Crippen LogP contribution in [0.4, 0.5) is 0 Å². The van der Waals surface area contributed by atoms with E-state index in [1.165, 1.54) is 6.42 Å². The number of hydrogen-bond acceptors (Lipinski definition) is 2. The van der Waals surface area contributed by atoms with Gasteiger partial charge in [0.05, 0.1) is 11.5 Å². The summed E-state index contributed by atoms with van der Waals surface area (Å²) in [5.74, 6) is -0.552. The number of carbonyl (C=O) groups is 1. The predicted molar refractivity (Wildman–Crippen MR) is 52.1 cm³/mol. The van der Waals surface area contributed by atoms with Crippen LogP contribution in [0.1, 0.15) is 39.0 Å². The van der Waals surface area contributed by atoms with E-state index in [4.69, 9.17) is 9.84 Å². The minimum Gasteiger partial charge on any atom is -0.481 e. The Bertz CT molecular complexity index is 233. The molecule has 2 atom stereocenters. The second-order valence-electron chi connectivity index (χ2n) is 4.76. The summed E-state index contributed by atoms with van der Waals surface area (Å²) >= 11 is 0. The van der Waals surface area contributed by atoms with Crippen LogP contribution in [-0.2, 0) is 9.53 Å². The highest BCUT2D eigenvalue weighted by Crippen LogP contribution is 2.45. The molecule has 14 heavy (non-hydrogen) atoms. The van der Waals surface area contributed by atoms with Crippen LogP contribution in [0.3, 0.4) is 0 Å². The highest BCUT2D eigenvalue weighted by atomic mass is 16.5. The Morgan fingerprint density at radius 1 is 1.57 bits per heavy atom. The van der Waals surface area contributed by atoms with E-state index >= 15 is 0 Å². The maximum atomic E-state index is 10.9. The fraction of sp³-hybridized carbons (Fsp3) is 0.909. The highest BCUT2D eigenvalue weighted by Gasteiger charge is 2.44. The molecule has 2 rings (SSSR count). The quantitative estimate of drug-likeness (QED) is 0.738. The van der Waals surface area contributed by atoms with E-state index in [0.29, 0.717) is 5.92 Å². The Hall–Kier alpha value is -0.570. The molecule has 1 heterocycles. The van der Waals surface area contributed by atoms with Gasteiger partial charge in [0.15, 0.2) is 0 Å². The first-order valence-corrected chi connectivity index (χ1v) is 5.50. The topological polar surface area (TPSA) is 46.5 Å². The van der Waals surface area contributed by atoms with Crippen LogP contribution in [0.2, 0.25) is 0 Å². The number of aliphatic carboxylic acids is 1. The van der Waals surface area contributed by atoms with Gasteiger partial charge in [-0.25, -0.2) is 0 Å². The van der Waals surface area contributed by atoms with E-state index in [9.17, 15) is 4.79 Å². The first-order chi connectivity index (χ1) is 6.63. The van der Waals surface area contributed by atoms with E-state index in [0.717, 1.165) is 32.3 Å². The average molecular weight is 198 g/mol. The number of carboxylic acids is 1. The zero-order valence-corrected chi connectivity index (χ0v) is 8.66. The van der Waals surface area contributed by atoms with Gasteiger partial charge in [-0.15, -0.1) is 0 Å². The Morgan fingerprint density at radius 3 is 2.79 bits per heavy atom. The van der Waals surface area contributed by atoms with Crippen LogP contribution in [0, 0.1) is 11.8 Å². The van der Waals surface area contributed by atoms with E-state index in [2.05, 4.69) is 0 Å². The Kier molecular flexibility index (Phi) is 2.52. The Labute approximate surface area is 84.4 Å². The van der Waals surface area contributed by atoms with Crippen LogP contribution in [0.25, 0.3) is 0 Å². The second kappa shape index (κ2) is 3.54. The molecule has 1 N–H and O–H groups in total. The summed E-state index contributed by atoms with van der Waals surface area (Å²) < 4.78 is 5.77. The van der Waals surface area contributed by atoms with Crippen molar-refractivity contribution in [2.75, 3.05) is 6.61 Å². The SMILES string of the molecule is CC(C(=O)O)C1CCOC2(CCC2)C1. The molecule has 2 fully saturated rings. The van der Waals surface area contributed by atoms with Gasteiger partial charge in [-0.1, -0.05) is 6.92 Å². The van der Waals surface area contributed by atoms with E-state index in [1.54, 1.807) is 0 Å². The van der Waals surface area contributed by atoms with Gasteiger partial charge < -0.3 is 9.84 Å². The summed E-state index contributed by atoms with van der Waals surface area (Å²) in [6.45, 7) is 2.58. The van der Waals surface area contributed by atoms with Crippen molar-refractivity contribution in [3.63, 3.8) is 0 Å². The fourth-order valence-corrected chi connectivity index (χ4v) is 2.61. The van der Waals surface area contributed by atoms with Crippen molar-refractivity contribution in [2.24, 2.45) is 11.8 Å². The molecule has 0 aromatic heterocycles. The lowest BCUT2D eigenvalue weighted by Crippen LogP contribution is -2.47. The molecule has 3 heteroatoms. The summed E-state index contributed by atoms with van der Waals surface area (Å²) in [7, 11) is 0. The molecule has 3 nitrogen and oxygen atoms in total. The molecule has 1 saturated heterocycles. The molecule has 0 bridgehead atoms. The number of ether oxygens (including phenoxy) is 1. The lowest BCUT2D eigenvalue weighted by Gasteiger charge is -2.48. The zero-order chi connectivity index (χ0) is 10.2. The zero-order valence-electron chi connectivity index (χ0n) is 8.66. The largest absolute Gasteiger partial charge is 0.481 e. The lowest BCUT2D eigenvalue weighted by atomic mass is 9.69. The van der Waals surface area contributed by atoms with Crippen LogP contribution in [0.5, 0.6) is 0 Å². The van der Waals surface area contributed by atoms with Gasteiger partial charge in [0.2, 0.25) is 0 Å². The number of hydrogen-bond donors (Lipinski definition) is 1. The summed E-state index contributed by atoms with van der Waals surface area (Å²) in [6.07, 6.45) is 5.38. The first kappa shape index (κ1) is 9.97. The maximum Gasteiger partial charge on any atom is 0.306 e. The lowest BCUT2D eigenvalue weighted by molar-refractivity contribution is -0.161. The van der Waals surface area contributed by atoms with Gasteiger partial charge in [-0.2, -0.15) is 0 Å². The van der Waals surface area contributed by atoms with Gasteiger partial charge in [0, 0.05) is 6.61 Å². The van der Waals surface area contributed by atoms with E-state index < -0.39 is 5.97 Å². The Balaban J connectivity index is 1.96. The first-order valence-electron chi connectivity index (χ1n) is 5.50. The van der Waals surface area contributed by atoms with Gasteiger partial charge in [-0.05, 0) is 38.0 Å². The van der Waals surface area contributed by atoms with Crippen molar-refractivity contribution in [1.82, 2.24) is 0 Å². The van der Waals surface area contributed by atoms with Gasteiger partial charge >= 0.3 is 5.97 Å². The third-order valence-electron chi connectivity index (χ3n) is 3.89. The minimum atomic E-state index is -0.661. The summed E-state index contributed by atoms with van der Waals surface area (Å²) in [6, 6.07) is 0. The standard InChI is InChI=1S/C11H18O3/c1-8(10(12)13)9-3-6-14-11(7-9)4-2-5-11/h8-9H,2-7H2,1H3,(H,12,13). The van der Waals surface area contributed by atoms with Crippen molar-refractivity contribution in [3.8, 4) is 0 Å². The van der Waals surface area contributed by atoms with Crippen molar-refractivity contribution in [1.29, 1.82) is 0 Å². The summed E-state index contributed by atoms with van der Waals surface area (Å²) in [5, 5.41) is 8.95. The molecule has 0 amide bonds. The summed E-state index contributed by atoms with van der Waals surface area (Å²) in [4.78, 5) is 10.9. The van der Waals surface area contributed by atoms with Crippen molar-refractivity contribution < 1.29 is 14.6 Å². The van der Waals surface area contributed by atoms with E-state index in [1.807, 2.05) is 6.92 Å². The molecule has 1 aliphatic carbocycles. The molecule has 0 aromatic carbocycles. The van der Waals surface area contributed by atoms with Crippen LogP contribution in [-0.4, -0.2) is 23.3 Å². The smallest absolute Gasteiger partial charge is 0.306 e. The van der Waals surface area contributed by atoms with Gasteiger partial charge in [-0.3, -0.25) is 4.79 Å². The van der Waals surface area contributed by atoms with Crippen molar-refractivity contribution >= 4 is 5.97 Å². The Morgan fingerprint density at radius 2 is 2.29 bits per heavy atom. The third-order valence-corrected chi connectivity index (χ3v) is 3.89. The maximum absolute atomic E-state index is 10.9. The molecule has 0 aromatic rings. The molecule has 1 aliphatic heterocycles. The van der Waals surface area contributed by atoms with E-state index in [-0.39, 0.29) is 11.5 Å². The third kappa shape index (κ3) is 1.65.